The van der Waals surface area contributed by atoms with Crippen LogP contribution in [0, 0.1) is 0 Å². The van der Waals surface area contributed by atoms with Crippen molar-refractivity contribution in [3.05, 3.63) is 34.4 Å². The Morgan fingerprint density at radius 3 is 2.61 bits per heavy atom. The van der Waals surface area contributed by atoms with Crippen molar-refractivity contribution in [1.82, 2.24) is 14.8 Å². The summed E-state index contributed by atoms with van der Waals surface area (Å²) in [6.07, 6.45) is -2.36. The fourth-order valence-electron chi connectivity index (χ4n) is 3.68. The van der Waals surface area contributed by atoms with Crippen molar-refractivity contribution >= 4 is 38.8 Å². The van der Waals surface area contributed by atoms with Crippen molar-refractivity contribution < 1.29 is 27.5 Å². The molecule has 2 amide bonds. The van der Waals surface area contributed by atoms with E-state index >= 15 is 0 Å². The molecule has 1 N–H and O–H groups in total. The molecule has 10 heteroatoms. The molecule has 1 saturated heterocycles. The fraction of sp³-hybridized carbons (Fsp3) is 0.524. The maximum absolute atomic E-state index is 13.2. The van der Waals surface area contributed by atoms with Crippen LogP contribution in [0.15, 0.2) is 28.9 Å². The second-order valence-corrected chi connectivity index (χ2v) is 9.60. The minimum Gasteiger partial charge on any atom is -0.444 e. The summed E-state index contributed by atoms with van der Waals surface area (Å²) in [4.78, 5) is 26.8. The normalized spacial score (nSPS) is 17.6. The number of likely N-dealkylation sites (tertiary alicyclic amines) is 1. The van der Waals surface area contributed by atoms with Crippen LogP contribution in [-0.2, 0) is 11.3 Å². The summed E-state index contributed by atoms with van der Waals surface area (Å²) in [5, 5.41) is 3.24. The van der Waals surface area contributed by atoms with E-state index in [0.29, 0.717) is 34.8 Å². The first-order valence-electron chi connectivity index (χ1n) is 9.96. The molecule has 1 aliphatic rings. The van der Waals surface area contributed by atoms with Crippen molar-refractivity contribution in [3.63, 3.8) is 0 Å². The molecule has 1 aromatic heterocycles. The monoisotopic (exact) mass is 503 g/mol. The molecule has 1 aliphatic heterocycles. The highest BCUT2D eigenvalue weighted by molar-refractivity contribution is 9.10. The van der Waals surface area contributed by atoms with Crippen molar-refractivity contribution in [2.45, 2.75) is 58.0 Å². The van der Waals surface area contributed by atoms with Crippen LogP contribution in [0.1, 0.15) is 44.0 Å². The van der Waals surface area contributed by atoms with Gasteiger partial charge in [0.2, 0.25) is 0 Å². The summed E-state index contributed by atoms with van der Waals surface area (Å²) >= 11 is 3.28. The Morgan fingerprint density at radius 1 is 1.26 bits per heavy atom. The predicted octanol–water partition coefficient (Wildman–Crippen LogP) is 5.10. The Kier molecular flexibility index (Phi) is 6.59. The SMILES string of the molecule is CC(C)(C)OC(=O)NC1CCCN(C(=O)c2cn(CC(F)(F)F)c3cc(Br)ccc23)C1. The van der Waals surface area contributed by atoms with E-state index in [0.717, 1.165) is 4.57 Å². The van der Waals surface area contributed by atoms with Gasteiger partial charge in [-0.25, -0.2) is 4.79 Å². The number of amides is 2. The maximum atomic E-state index is 13.2. The number of piperidine rings is 1. The molecule has 0 aliphatic carbocycles. The van der Waals surface area contributed by atoms with Crippen LogP contribution in [-0.4, -0.2) is 52.4 Å². The molecule has 2 heterocycles. The van der Waals surface area contributed by atoms with Gasteiger partial charge in [-0.1, -0.05) is 22.0 Å². The highest BCUT2D eigenvalue weighted by Gasteiger charge is 2.32. The standard InChI is InChI=1S/C21H25BrF3N3O3/c1-20(2,3)31-19(30)26-14-5-4-8-27(10-14)18(29)16-11-28(12-21(23,24)25)17-9-13(22)6-7-15(16)17/h6-7,9,11,14H,4-5,8,10,12H2,1-3H3,(H,26,30). The molecule has 2 aromatic rings. The van der Waals surface area contributed by atoms with Gasteiger partial charge in [-0.05, 0) is 45.7 Å². The number of carbonyl (C=O) groups is 2. The zero-order valence-electron chi connectivity index (χ0n) is 17.6. The van der Waals surface area contributed by atoms with Gasteiger partial charge < -0.3 is 19.5 Å². The Labute approximate surface area is 186 Å². The average molecular weight is 504 g/mol. The molecule has 1 aromatic carbocycles. The Balaban J connectivity index is 1.81. The number of rotatable bonds is 3. The van der Waals surface area contributed by atoms with Gasteiger partial charge in [0.05, 0.1) is 11.1 Å². The Bertz CT molecular complexity index is 982. The number of aromatic nitrogens is 1. The largest absolute Gasteiger partial charge is 0.444 e. The first kappa shape index (κ1) is 23.4. The van der Waals surface area contributed by atoms with E-state index in [-0.39, 0.29) is 24.1 Å². The first-order chi connectivity index (χ1) is 14.3. The molecule has 31 heavy (non-hydrogen) atoms. The van der Waals surface area contributed by atoms with E-state index in [2.05, 4.69) is 21.2 Å². The predicted molar refractivity (Wildman–Crippen MR) is 114 cm³/mol. The number of carbonyl (C=O) groups excluding carboxylic acids is 2. The fourth-order valence-corrected chi connectivity index (χ4v) is 4.03. The Morgan fingerprint density at radius 2 is 1.97 bits per heavy atom. The number of hydrogen-bond donors (Lipinski definition) is 1. The highest BCUT2D eigenvalue weighted by atomic mass is 79.9. The molecule has 0 saturated carbocycles. The lowest BCUT2D eigenvalue weighted by Gasteiger charge is -2.33. The zero-order chi connectivity index (χ0) is 23.0. The number of halogens is 4. The number of benzene rings is 1. The van der Waals surface area contributed by atoms with E-state index < -0.39 is 24.4 Å². The van der Waals surface area contributed by atoms with E-state index in [1.807, 2.05) is 0 Å². The van der Waals surface area contributed by atoms with Crippen molar-refractivity contribution in [2.75, 3.05) is 13.1 Å². The summed E-state index contributed by atoms with van der Waals surface area (Å²) in [7, 11) is 0. The number of nitrogens with zero attached hydrogens (tertiary/aromatic N) is 2. The smallest absolute Gasteiger partial charge is 0.407 e. The van der Waals surface area contributed by atoms with Crippen molar-refractivity contribution in [1.29, 1.82) is 0 Å². The molecule has 170 valence electrons. The van der Waals surface area contributed by atoms with Crippen LogP contribution in [0.5, 0.6) is 0 Å². The van der Waals surface area contributed by atoms with E-state index in [1.54, 1.807) is 43.9 Å². The number of nitrogens with one attached hydrogen (secondary N) is 1. The lowest BCUT2D eigenvalue weighted by molar-refractivity contribution is -0.139. The van der Waals surface area contributed by atoms with Gasteiger partial charge in [-0.15, -0.1) is 0 Å². The third-order valence-corrected chi connectivity index (χ3v) is 5.35. The lowest BCUT2D eigenvalue weighted by atomic mass is 10.0. The Hall–Kier alpha value is -2.23. The van der Waals surface area contributed by atoms with Gasteiger partial charge in [0.15, 0.2) is 0 Å². The topological polar surface area (TPSA) is 63.6 Å². The maximum Gasteiger partial charge on any atom is 0.407 e. The molecule has 3 rings (SSSR count). The van der Waals surface area contributed by atoms with Crippen LogP contribution in [0.25, 0.3) is 10.9 Å². The summed E-state index contributed by atoms with van der Waals surface area (Å²) < 4.78 is 46.1. The van der Waals surface area contributed by atoms with Crippen molar-refractivity contribution in [2.24, 2.45) is 0 Å². The number of alkyl halides is 3. The molecule has 1 fully saturated rings. The minimum absolute atomic E-state index is 0.213. The summed E-state index contributed by atoms with van der Waals surface area (Å²) in [6.45, 7) is 4.83. The van der Waals surface area contributed by atoms with Gasteiger partial charge in [0, 0.05) is 35.2 Å². The van der Waals surface area contributed by atoms with E-state index in [9.17, 15) is 22.8 Å². The van der Waals surface area contributed by atoms with Crippen molar-refractivity contribution in [3.8, 4) is 0 Å². The number of fused-ring (bicyclic) bond motifs is 1. The van der Waals surface area contributed by atoms with Crippen LogP contribution < -0.4 is 5.32 Å². The highest BCUT2D eigenvalue weighted by Crippen LogP contribution is 2.29. The zero-order valence-corrected chi connectivity index (χ0v) is 19.1. The van der Waals surface area contributed by atoms with Gasteiger partial charge in [-0.3, -0.25) is 4.79 Å². The summed E-state index contributed by atoms with van der Waals surface area (Å²) in [5.74, 6) is -0.357. The van der Waals surface area contributed by atoms with Crippen LogP contribution >= 0.6 is 15.9 Å². The molecule has 0 spiro atoms. The third-order valence-electron chi connectivity index (χ3n) is 4.85. The summed E-state index contributed by atoms with van der Waals surface area (Å²) in [6, 6.07) is 4.62. The van der Waals surface area contributed by atoms with E-state index in [4.69, 9.17) is 4.74 Å². The molecule has 1 atom stereocenters. The van der Waals surface area contributed by atoms with Crippen LogP contribution in [0.3, 0.4) is 0 Å². The van der Waals surface area contributed by atoms with Gasteiger partial charge in [0.25, 0.3) is 5.91 Å². The van der Waals surface area contributed by atoms with Gasteiger partial charge in [-0.2, -0.15) is 13.2 Å². The molecule has 0 bridgehead atoms. The van der Waals surface area contributed by atoms with E-state index in [1.165, 1.54) is 6.20 Å². The quantitative estimate of drug-likeness (QED) is 0.633. The molecule has 1 unspecified atom stereocenters. The van der Waals surface area contributed by atoms with Gasteiger partial charge in [0.1, 0.15) is 12.1 Å². The second kappa shape index (κ2) is 8.72. The number of ether oxygens (including phenoxy) is 1. The second-order valence-electron chi connectivity index (χ2n) is 8.68. The number of alkyl carbamates (subject to hydrolysis) is 1. The first-order valence-corrected chi connectivity index (χ1v) is 10.8. The average Bonchev–Trinajstić information content (AvgIpc) is 2.95. The molecular weight excluding hydrogens is 479 g/mol. The minimum atomic E-state index is -4.41. The third kappa shape index (κ3) is 6.15. The molecule has 0 radical (unpaired) electrons. The molecular formula is C21H25BrF3N3O3. The number of hydrogen-bond acceptors (Lipinski definition) is 3. The van der Waals surface area contributed by atoms with Gasteiger partial charge >= 0.3 is 12.3 Å². The summed E-state index contributed by atoms with van der Waals surface area (Å²) in [5.41, 5.74) is -0.0943. The molecule has 6 nitrogen and oxygen atoms in total. The van der Waals surface area contributed by atoms with Crippen LogP contribution in [0.4, 0.5) is 18.0 Å². The van der Waals surface area contributed by atoms with Crippen LogP contribution in [0.2, 0.25) is 0 Å². The lowest BCUT2D eigenvalue weighted by Crippen LogP contribution is -2.50.